The van der Waals surface area contributed by atoms with Gasteiger partial charge in [0.25, 0.3) is 5.91 Å². The number of amides is 1. The van der Waals surface area contributed by atoms with Crippen LogP contribution in [0.1, 0.15) is 36.0 Å². The predicted octanol–water partition coefficient (Wildman–Crippen LogP) is 1.82. The van der Waals surface area contributed by atoms with Crippen LogP contribution in [-0.2, 0) is 17.9 Å². The minimum absolute atomic E-state index is 0.0363. The van der Waals surface area contributed by atoms with Gasteiger partial charge in [0.15, 0.2) is 6.61 Å². The first-order chi connectivity index (χ1) is 13.2. The number of nitrogens with one attached hydrogen (secondary N) is 2. The van der Waals surface area contributed by atoms with Crippen molar-refractivity contribution in [1.82, 2.24) is 5.32 Å². The second kappa shape index (κ2) is 9.75. The van der Waals surface area contributed by atoms with Crippen LogP contribution in [0.2, 0.25) is 0 Å². The van der Waals surface area contributed by atoms with Gasteiger partial charge in [-0.05, 0) is 49.1 Å². The molecule has 27 heavy (non-hydrogen) atoms. The Morgan fingerprint density at radius 1 is 1.04 bits per heavy atom. The molecule has 2 aromatic carbocycles. The summed E-state index contributed by atoms with van der Waals surface area (Å²) in [7, 11) is 0. The summed E-state index contributed by atoms with van der Waals surface area (Å²) in [6, 6.07) is 17.1. The minimum Gasteiger partial charge on any atom is -0.484 e. The van der Waals surface area contributed by atoms with Gasteiger partial charge in [-0.15, -0.1) is 0 Å². The Bertz CT molecular complexity index is 790. The van der Waals surface area contributed by atoms with Crippen LogP contribution in [0, 0.1) is 11.3 Å². The Morgan fingerprint density at radius 3 is 2.44 bits per heavy atom. The maximum atomic E-state index is 12.1. The Hall–Kier alpha value is -2.84. The number of piperidine rings is 1. The number of likely N-dealkylation sites (tertiary alicyclic amines) is 1. The molecule has 1 fully saturated rings. The number of rotatable bonds is 7. The second-order valence-corrected chi connectivity index (χ2v) is 6.96. The number of ether oxygens (including phenoxy) is 1. The highest BCUT2D eigenvalue weighted by molar-refractivity contribution is 5.77. The lowest BCUT2D eigenvalue weighted by molar-refractivity contribution is -0.918. The van der Waals surface area contributed by atoms with Crippen molar-refractivity contribution in [2.45, 2.75) is 32.4 Å². The van der Waals surface area contributed by atoms with E-state index in [2.05, 4.69) is 29.6 Å². The minimum atomic E-state index is -0.153. The predicted molar refractivity (Wildman–Crippen MR) is 103 cm³/mol. The molecule has 1 aliphatic heterocycles. The summed E-state index contributed by atoms with van der Waals surface area (Å²) in [6.45, 7) is 3.97. The molecular weight excluding hydrogens is 338 g/mol. The largest absolute Gasteiger partial charge is 0.484 e. The lowest BCUT2D eigenvalue weighted by atomic mass is 10.0. The first-order valence-electron chi connectivity index (χ1n) is 9.54. The van der Waals surface area contributed by atoms with E-state index in [1.807, 2.05) is 6.07 Å². The van der Waals surface area contributed by atoms with Gasteiger partial charge in [-0.3, -0.25) is 4.79 Å². The lowest BCUT2D eigenvalue weighted by Crippen LogP contribution is -3.11. The van der Waals surface area contributed by atoms with Crippen molar-refractivity contribution in [1.29, 1.82) is 5.26 Å². The van der Waals surface area contributed by atoms with Crippen molar-refractivity contribution in [2.24, 2.45) is 0 Å². The van der Waals surface area contributed by atoms with Gasteiger partial charge in [0.1, 0.15) is 12.3 Å². The maximum absolute atomic E-state index is 12.1. The molecule has 1 saturated heterocycles. The summed E-state index contributed by atoms with van der Waals surface area (Å²) in [5.74, 6) is 0.428. The Labute approximate surface area is 160 Å². The number of carbonyl (C=O) groups is 1. The van der Waals surface area contributed by atoms with Gasteiger partial charge in [0.05, 0.1) is 24.7 Å². The molecule has 0 saturated carbocycles. The molecule has 0 radical (unpaired) electrons. The molecule has 2 N–H and O–H groups in total. The molecule has 1 amide bonds. The fourth-order valence-corrected chi connectivity index (χ4v) is 3.42. The van der Waals surface area contributed by atoms with Gasteiger partial charge >= 0.3 is 0 Å². The van der Waals surface area contributed by atoms with Crippen molar-refractivity contribution in [3.05, 3.63) is 65.2 Å². The molecule has 2 aromatic rings. The summed E-state index contributed by atoms with van der Waals surface area (Å²) in [6.07, 6.45) is 3.96. The first kappa shape index (κ1) is 18.9. The zero-order valence-corrected chi connectivity index (χ0v) is 15.5. The quantitative estimate of drug-likeness (QED) is 0.788. The SMILES string of the molecule is N#Cc1ccc(OCC(=O)NCc2ccccc2C[NH+]2CCCCC2)cc1. The van der Waals surface area contributed by atoms with E-state index in [0.717, 1.165) is 6.54 Å². The standard InChI is InChI=1S/C22H25N3O2/c23-14-18-8-10-21(11-9-18)27-17-22(26)24-15-19-6-2-3-7-20(19)16-25-12-4-1-5-13-25/h2-3,6-11H,1,4-5,12-13,15-17H2,(H,24,26)/p+1. The number of nitriles is 1. The molecule has 1 heterocycles. The topological polar surface area (TPSA) is 66.6 Å². The van der Waals surface area contributed by atoms with Gasteiger partial charge in [0.2, 0.25) is 0 Å². The summed E-state index contributed by atoms with van der Waals surface area (Å²) in [5, 5.41) is 11.7. The lowest BCUT2D eigenvalue weighted by Gasteiger charge is -2.24. The molecule has 0 aromatic heterocycles. The molecule has 0 aliphatic carbocycles. The van der Waals surface area contributed by atoms with Gasteiger partial charge in [-0.2, -0.15) is 5.26 Å². The Kier molecular flexibility index (Phi) is 6.84. The molecule has 140 valence electrons. The Morgan fingerprint density at radius 2 is 1.74 bits per heavy atom. The number of quaternary nitrogens is 1. The summed E-state index contributed by atoms with van der Waals surface area (Å²) < 4.78 is 5.48. The van der Waals surface area contributed by atoms with E-state index in [-0.39, 0.29) is 12.5 Å². The van der Waals surface area contributed by atoms with Gasteiger partial charge in [-0.25, -0.2) is 0 Å². The van der Waals surface area contributed by atoms with Crippen LogP contribution in [0.15, 0.2) is 48.5 Å². The maximum Gasteiger partial charge on any atom is 0.258 e. The van der Waals surface area contributed by atoms with Crippen molar-refractivity contribution in [3.63, 3.8) is 0 Å². The van der Waals surface area contributed by atoms with E-state index in [9.17, 15) is 4.79 Å². The van der Waals surface area contributed by atoms with E-state index in [1.165, 1.54) is 43.5 Å². The number of carbonyl (C=O) groups excluding carboxylic acids is 1. The molecule has 0 unspecified atom stereocenters. The van der Waals surface area contributed by atoms with Crippen LogP contribution >= 0.6 is 0 Å². The summed E-state index contributed by atoms with van der Waals surface area (Å²) in [5.41, 5.74) is 3.05. The van der Waals surface area contributed by atoms with Crippen molar-refractivity contribution in [2.75, 3.05) is 19.7 Å². The second-order valence-electron chi connectivity index (χ2n) is 6.96. The molecule has 0 spiro atoms. The van der Waals surface area contributed by atoms with Gasteiger partial charge in [-0.1, -0.05) is 24.3 Å². The third-order valence-electron chi connectivity index (χ3n) is 4.95. The smallest absolute Gasteiger partial charge is 0.258 e. The average molecular weight is 364 g/mol. The van der Waals surface area contributed by atoms with E-state index in [0.29, 0.717) is 17.9 Å². The van der Waals surface area contributed by atoms with E-state index < -0.39 is 0 Å². The van der Waals surface area contributed by atoms with Crippen LogP contribution in [-0.4, -0.2) is 25.6 Å². The van der Waals surface area contributed by atoms with Gasteiger partial charge < -0.3 is 15.0 Å². The molecule has 5 heteroatoms. The molecule has 0 bridgehead atoms. The highest BCUT2D eigenvalue weighted by Crippen LogP contribution is 2.11. The first-order valence-corrected chi connectivity index (χ1v) is 9.54. The zero-order chi connectivity index (χ0) is 18.9. The van der Waals surface area contributed by atoms with Crippen LogP contribution in [0.4, 0.5) is 0 Å². The fourth-order valence-electron chi connectivity index (χ4n) is 3.42. The third kappa shape index (κ3) is 5.83. The molecule has 5 nitrogen and oxygen atoms in total. The normalized spacial score (nSPS) is 14.3. The third-order valence-corrected chi connectivity index (χ3v) is 4.95. The van der Waals surface area contributed by atoms with Gasteiger partial charge in [0, 0.05) is 12.1 Å². The van der Waals surface area contributed by atoms with Crippen LogP contribution in [0.5, 0.6) is 5.75 Å². The number of nitrogens with zero attached hydrogens (tertiary/aromatic N) is 1. The number of benzene rings is 2. The highest BCUT2D eigenvalue weighted by atomic mass is 16.5. The number of hydrogen-bond acceptors (Lipinski definition) is 3. The Balaban J connectivity index is 1.48. The molecular formula is C22H26N3O2+. The van der Waals surface area contributed by atoms with E-state index >= 15 is 0 Å². The summed E-state index contributed by atoms with van der Waals surface area (Å²) >= 11 is 0. The van der Waals surface area contributed by atoms with Crippen LogP contribution < -0.4 is 15.0 Å². The monoisotopic (exact) mass is 364 g/mol. The number of hydrogen-bond donors (Lipinski definition) is 2. The summed E-state index contributed by atoms with van der Waals surface area (Å²) in [4.78, 5) is 13.7. The van der Waals surface area contributed by atoms with Crippen molar-refractivity contribution < 1.29 is 14.4 Å². The average Bonchev–Trinajstić information content (AvgIpc) is 2.73. The van der Waals surface area contributed by atoms with Crippen LogP contribution in [0.3, 0.4) is 0 Å². The van der Waals surface area contributed by atoms with E-state index in [1.54, 1.807) is 29.2 Å². The highest BCUT2D eigenvalue weighted by Gasteiger charge is 2.15. The fraction of sp³-hybridized carbons (Fsp3) is 0.364. The van der Waals surface area contributed by atoms with Crippen molar-refractivity contribution in [3.8, 4) is 11.8 Å². The molecule has 3 rings (SSSR count). The van der Waals surface area contributed by atoms with E-state index in [4.69, 9.17) is 10.00 Å². The van der Waals surface area contributed by atoms with Crippen molar-refractivity contribution >= 4 is 5.91 Å². The van der Waals surface area contributed by atoms with Crippen LogP contribution in [0.25, 0.3) is 0 Å². The molecule has 0 atom stereocenters. The molecule has 1 aliphatic rings. The zero-order valence-electron chi connectivity index (χ0n) is 15.5.